The Bertz CT molecular complexity index is 653. The Morgan fingerprint density at radius 1 is 0.833 bits per heavy atom. The molecular formula is C16H18O8. The predicted octanol–water partition coefficient (Wildman–Crippen LogP) is 0.477. The van der Waals surface area contributed by atoms with Crippen molar-refractivity contribution in [2.45, 2.75) is 6.42 Å². The van der Waals surface area contributed by atoms with Crippen LogP contribution in [0.4, 0.5) is 0 Å². The van der Waals surface area contributed by atoms with Crippen molar-refractivity contribution in [3.8, 4) is 0 Å². The van der Waals surface area contributed by atoms with Crippen molar-refractivity contribution in [2.24, 2.45) is 5.92 Å². The molecule has 1 rings (SSSR count). The summed E-state index contributed by atoms with van der Waals surface area (Å²) in [5, 5.41) is 0. The molecule has 0 saturated carbocycles. The van der Waals surface area contributed by atoms with Gasteiger partial charge >= 0.3 is 23.9 Å². The standard InChI is InChI=1S/C16H18O8/c1-6-8-7-9(13(17)21-2)11(15(19)23-4)12(16(20)24-5)10(8)14(18)22-3/h6,8H,1,7H2,2-5H3/t8-/m1/s1. The van der Waals surface area contributed by atoms with Crippen LogP contribution >= 0.6 is 0 Å². The van der Waals surface area contributed by atoms with Gasteiger partial charge in [0.15, 0.2) is 0 Å². The number of allylic oxidation sites excluding steroid dienone is 1. The maximum absolute atomic E-state index is 12.2. The van der Waals surface area contributed by atoms with Gasteiger partial charge in [0.2, 0.25) is 0 Å². The van der Waals surface area contributed by atoms with E-state index < -0.39 is 35.4 Å². The first-order valence-corrected chi connectivity index (χ1v) is 6.81. The molecule has 0 aliphatic heterocycles. The van der Waals surface area contributed by atoms with Crippen LogP contribution in [-0.2, 0) is 38.1 Å². The molecule has 0 fully saturated rings. The lowest BCUT2D eigenvalue weighted by molar-refractivity contribution is -0.142. The van der Waals surface area contributed by atoms with E-state index >= 15 is 0 Å². The molecule has 1 atom stereocenters. The van der Waals surface area contributed by atoms with Crippen LogP contribution in [0, 0.1) is 5.92 Å². The van der Waals surface area contributed by atoms with Gasteiger partial charge in [0.25, 0.3) is 0 Å². The zero-order valence-corrected chi connectivity index (χ0v) is 13.8. The Labute approximate surface area is 138 Å². The molecule has 130 valence electrons. The molecule has 0 amide bonds. The molecule has 1 aliphatic rings. The average molecular weight is 338 g/mol. The third kappa shape index (κ3) is 3.37. The van der Waals surface area contributed by atoms with Crippen LogP contribution in [-0.4, -0.2) is 52.3 Å². The highest BCUT2D eigenvalue weighted by atomic mass is 16.5. The average Bonchev–Trinajstić information content (AvgIpc) is 2.63. The lowest BCUT2D eigenvalue weighted by Crippen LogP contribution is -2.31. The Balaban J connectivity index is 3.87. The third-order valence-electron chi connectivity index (χ3n) is 3.52. The topological polar surface area (TPSA) is 105 Å². The molecule has 0 saturated heterocycles. The Morgan fingerprint density at radius 3 is 1.71 bits per heavy atom. The number of methoxy groups -OCH3 is 4. The first-order chi connectivity index (χ1) is 11.4. The Morgan fingerprint density at radius 2 is 1.29 bits per heavy atom. The number of carbonyl (C=O) groups excluding carboxylic acids is 4. The predicted molar refractivity (Wildman–Crippen MR) is 80.4 cm³/mol. The highest BCUT2D eigenvalue weighted by Crippen LogP contribution is 2.37. The minimum Gasteiger partial charge on any atom is -0.466 e. The van der Waals surface area contributed by atoms with E-state index in [0.717, 1.165) is 28.4 Å². The van der Waals surface area contributed by atoms with Gasteiger partial charge in [0.1, 0.15) is 0 Å². The summed E-state index contributed by atoms with van der Waals surface area (Å²) in [6, 6.07) is 0. The van der Waals surface area contributed by atoms with Gasteiger partial charge in [-0.1, -0.05) is 6.08 Å². The van der Waals surface area contributed by atoms with Gasteiger partial charge in [-0.15, -0.1) is 6.58 Å². The molecule has 0 aromatic carbocycles. The zero-order valence-electron chi connectivity index (χ0n) is 13.8. The van der Waals surface area contributed by atoms with Crippen LogP contribution in [0.25, 0.3) is 0 Å². The van der Waals surface area contributed by atoms with Crippen molar-refractivity contribution in [3.05, 3.63) is 34.9 Å². The second-order valence-electron chi connectivity index (χ2n) is 4.65. The van der Waals surface area contributed by atoms with Gasteiger partial charge in [-0.3, -0.25) is 0 Å². The SMILES string of the molecule is C=C[C@@H]1CC(C(=O)OC)=C(C(=O)OC)C(C(=O)OC)=C1C(=O)OC. The highest BCUT2D eigenvalue weighted by molar-refractivity contribution is 6.16. The third-order valence-corrected chi connectivity index (χ3v) is 3.52. The zero-order chi connectivity index (χ0) is 18.4. The molecule has 0 aromatic heterocycles. The molecule has 0 aromatic rings. The van der Waals surface area contributed by atoms with Gasteiger partial charge in [-0.05, 0) is 6.42 Å². The number of ether oxygens (including phenoxy) is 4. The summed E-state index contributed by atoms with van der Waals surface area (Å²) in [4.78, 5) is 48.6. The molecule has 0 radical (unpaired) electrons. The van der Waals surface area contributed by atoms with E-state index in [1.807, 2.05) is 0 Å². The molecule has 0 unspecified atom stereocenters. The van der Waals surface area contributed by atoms with Gasteiger partial charge < -0.3 is 18.9 Å². The van der Waals surface area contributed by atoms with Gasteiger partial charge in [0, 0.05) is 5.92 Å². The van der Waals surface area contributed by atoms with E-state index in [-0.39, 0.29) is 23.1 Å². The van der Waals surface area contributed by atoms with Crippen LogP contribution in [0.2, 0.25) is 0 Å². The normalized spacial score (nSPS) is 17.1. The monoisotopic (exact) mass is 338 g/mol. The largest absolute Gasteiger partial charge is 0.466 e. The van der Waals surface area contributed by atoms with Crippen molar-refractivity contribution >= 4 is 23.9 Å². The van der Waals surface area contributed by atoms with E-state index in [0.29, 0.717) is 0 Å². The number of carbonyl (C=O) groups is 4. The quantitative estimate of drug-likeness (QED) is 0.405. The molecular weight excluding hydrogens is 320 g/mol. The van der Waals surface area contributed by atoms with E-state index in [9.17, 15) is 19.2 Å². The van der Waals surface area contributed by atoms with Crippen LogP contribution < -0.4 is 0 Å². The van der Waals surface area contributed by atoms with E-state index in [1.54, 1.807) is 0 Å². The molecule has 0 spiro atoms. The van der Waals surface area contributed by atoms with Crippen molar-refractivity contribution in [1.82, 2.24) is 0 Å². The minimum absolute atomic E-state index is 0.0778. The van der Waals surface area contributed by atoms with Gasteiger partial charge in [-0.25, -0.2) is 19.2 Å². The first-order valence-electron chi connectivity index (χ1n) is 6.81. The van der Waals surface area contributed by atoms with Crippen LogP contribution in [0.5, 0.6) is 0 Å². The fraction of sp³-hybridized carbons (Fsp3) is 0.375. The summed E-state index contributed by atoms with van der Waals surface area (Å²) < 4.78 is 18.7. The number of esters is 4. The molecule has 8 nitrogen and oxygen atoms in total. The molecule has 8 heteroatoms. The Hall–Kier alpha value is -2.90. The summed E-state index contributed by atoms with van der Waals surface area (Å²) in [5.74, 6) is -4.37. The summed E-state index contributed by atoms with van der Waals surface area (Å²) in [6.07, 6.45) is 1.29. The lowest BCUT2D eigenvalue weighted by Gasteiger charge is -2.26. The Kier molecular flexibility index (Phi) is 6.46. The van der Waals surface area contributed by atoms with Crippen LogP contribution in [0.3, 0.4) is 0 Å². The fourth-order valence-electron chi connectivity index (χ4n) is 2.41. The van der Waals surface area contributed by atoms with E-state index in [4.69, 9.17) is 0 Å². The molecule has 0 N–H and O–H groups in total. The number of rotatable bonds is 5. The van der Waals surface area contributed by atoms with Gasteiger partial charge in [-0.2, -0.15) is 0 Å². The van der Waals surface area contributed by atoms with Crippen molar-refractivity contribution < 1.29 is 38.1 Å². The number of hydrogen-bond acceptors (Lipinski definition) is 8. The highest BCUT2D eigenvalue weighted by Gasteiger charge is 2.41. The van der Waals surface area contributed by atoms with Crippen molar-refractivity contribution in [3.63, 3.8) is 0 Å². The second-order valence-corrected chi connectivity index (χ2v) is 4.65. The summed E-state index contributed by atoms with van der Waals surface area (Å²) in [7, 11) is 4.41. The number of hydrogen-bond donors (Lipinski definition) is 0. The summed E-state index contributed by atoms with van der Waals surface area (Å²) in [6.45, 7) is 3.60. The second kappa shape index (κ2) is 8.09. The maximum Gasteiger partial charge on any atom is 0.339 e. The molecule has 0 heterocycles. The molecule has 24 heavy (non-hydrogen) atoms. The van der Waals surface area contributed by atoms with Crippen molar-refractivity contribution in [2.75, 3.05) is 28.4 Å². The van der Waals surface area contributed by atoms with Crippen molar-refractivity contribution in [1.29, 1.82) is 0 Å². The van der Waals surface area contributed by atoms with Crippen LogP contribution in [0.1, 0.15) is 6.42 Å². The fourth-order valence-corrected chi connectivity index (χ4v) is 2.41. The van der Waals surface area contributed by atoms with E-state index in [1.165, 1.54) is 6.08 Å². The van der Waals surface area contributed by atoms with Gasteiger partial charge in [0.05, 0.1) is 50.7 Å². The smallest absolute Gasteiger partial charge is 0.339 e. The lowest BCUT2D eigenvalue weighted by atomic mass is 9.78. The first kappa shape index (κ1) is 19.1. The van der Waals surface area contributed by atoms with Crippen LogP contribution in [0.15, 0.2) is 34.9 Å². The van der Waals surface area contributed by atoms with E-state index in [2.05, 4.69) is 25.5 Å². The summed E-state index contributed by atoms with van der Waals surface area (Å²) >= 11 is 0. The summed E-state index contributed by atoms with van der Waals surface area (Å²) in [5.41, 5.74) is -1.02. The molecule has 1 aliphatic carbocycles. The molecule has 0 bridgehead atoms. The maximum atomic E-state index is 12.2. The minimum atomic E-state index is -0.983.